The van der Waals surface area contributed by atoms with Gasteiger partial charge in [0.2, 0.25) is 5.91 Å². The Labute approximate surface area is 254 Å². The van der Waals surface area contributed by atoms with Crippen LogP contribution >= 0.6 is 0 Å². The standard InChI is InChI=1S/C31H38N4O9/c1-16-5-6-19(13-23(16)38)28(40)32-9-4-11-34(12-10-33-29(41)20-7-8-22(37)24(39)14-20)15-21-17(2)26-25(18(3)36)30(42)35(26)27(21)31(43)44/h5-8,13-14,17-18,25-26,36-39H,4,9-12,15H2,1-3H3,(H,32,40)(H,33,41)(H,43,44)/t17-,18+,25+,26+/m0/s1. The normalized spacial score (nSPS) is 19.9. The number of carbonyl (C=O) groups is 4. The number of rotatable bonds is 13. The van der Waals surface area contributed by atoms with Crippen LogP contribution < -0.4 is 10.6 Å². The summed E-state index contributed by atoms with van der Waals surface area (Å²) in [6.45, 7) is 6.36. The molecule has 3 amide bonds. The minimum Gasteiger partial charge on any atom is -0.508 e. The quantitative estimate of drug-likeness (QED) is 0.0981. The number of aliphatic hydroxyl groups excluding tert-OH is 1. The molecule has 13 heteroatoms. The second kappa shape index (κ2) is 13.3. The summed E-state index contributed by atoms with van der Waals surface area (Å²) < 4.78 is 0. The van der Waals surface area contributed by atoms with Gasteiger partial charge in [-0.3, -0.25) is 19.3 Å². The molecule has 2 aliphatic rings. The van der Waals surface area contributed by atoms with E-state index in [1.54, 1.807) is 19.1 Å². The zero-order valence-electron chi connectivity index (χ0n) is 24.8. The molecule has 1 saturated heterocycles. The van der Waals surface area contributed by atoms with Crippen molar-refractivity contribution < 1.29 is 44.7 Å². The number of aliphatic carboxylic acids is 1. The summed E-state index contributed by atoms with van der Waals surface area (Å²) in [7, 11) is 0. The van der Waals surface area contributed by atoms with E-state index < -0.39 is 41.6 Å². The van der Waals surface area contributed by atoms with Crippen molar-refractivity contribution in [2.45, 2.75) is 39.3 Å². The van der Waals surface area contributed by atoms with Crippen LogP contribution in [-0.4, -0.2) is 104 Å². The van der Waals surface area contributed by atoms with Crippen molar-refractivity contribution in [1.82, 2.24) is 20.4 Å². The van der Waals surface area contributed by atoms with Crippen molar-refractivity contribution in [2.24, 2.45) is 11.8 Å². The Bertz CT molecular complexity index is 1490. The molecule has 44 heavy (non-hydrogen) atoms. The molecule has 0 aromatic heterocycles. The topological polar surface area (TPSA) is 200 Å². The van der Waals surface area contributed by atoms with Crippen LogP contribution in [0.3, 0.4) is 0 Å². The fraction of sp³-hybridized carbons (Fsp3) is 0.419. The van der Waals surface area contributed by atoms with E-state index in [1.807, 2.05) is 11.8 Å². The van der Waals surface area contributed by atoms with E-state index in [4.69, 9.17) is 0 Å². The molecule has 1 fully saturated rings. The highest BCUT2D eigenvalue weighted by molar-refractivity contribution is 6.00. The number of β-lactam (4-membered cyclic amide) rings is 1. The number of carboxylic acids is 1. The van der Waals surface area contributed by atoms with Gasteiger partial charge in [-0.2, -0.15) is 0 Å². The molecule has 4 atom stereocenters. The number of carbonyl (C=O) groups excluding carboxylic acids is 3. The zero-order chi connectivity index (χ0) is 32.3. The Morgan fingerprint density at radius 3 is 2.14 bits per heavy atom. The average Bonchev–Trinajstić information content (AvgIpc) is 3.20. The number of amides is 3. The molecule has 0 bridgehead atoms. The molecule has 2 aromatic carbocycles. The second-order valence-electron chi connectivity index (χ2n) is 11.3. The lowest BCUT2D eigenvalue weighted by Crippen LogP contribution is -2.63. The predicted octanol–water partition coefficient (Wildman–Crippen LogP) is 1.16. The van der Waals surface area contributed by atoms with Gasteiger partial charge in [-0.25, -0.2) is 4.79 Å². The minimum atomic E-state index is -1.24. The van der Waals surface area contributed by atoms with E-state index in [2.05, 4.69) is 10.6 Å². The summed E-state index contributed by atoms with van der Waals surface area (Å²) in [4.78, 5) is 53.4. The van der Waals surface area contributed by atoms with Crippen LogP contribution in [0.1, 0.15) is 46.5 Å². The maximum absolute atomic E-state index is 12.8. The molecule has 0 unspecified atom stereocenters. The lowest BCUT2D eigenvalue weighted by atomic mass is 9.77. The number of nitrogens with one attached hydrogen (secondary N) is 2. The third kappa shape index (κ3) is 6.63. The highest BCUT2D eigenvalue weighted by Gasteiger charge is 2.59. The number of phenols is 3. The predicted molar refractivity (Wildman–Crippen MR) is 158 cm³/mol. The van der Waals surface area contributed by atoms with Crippen LogP contribution in [0.4, 0.5) is 0 Å². The van der Waals surface area contributed by atoms with E-state index >= 15 is 0 Å². The first-order valence-electron chi connectivity index (χ1n) is 14.4. The highest BCUT2D eigenvalue weighted by atomic mass is 16.4. The molecule has 0 radical (unpaired) electrons. The van der Waals surface area contributed by atoms with Crippen LogP contribution in [0.2, 0.25) is 0 Å². The van der Waals surface area contributed by atoms with Gasteiger partial charge < -0.3 is 41.1 Å². The molecule has 7 N–H and O–H groups in total. The molecule has 4 rings (SSSR count). The van der Waals surface area contributed by atoms with Gasteiger partial charge in [0.25, 0.3) is 11.8 Å². The minimum absolute atomic E-state index is 0.0163. The van der Waals surface area contributed by atoms with Crippen molar-refractivity contribution >= 4 is 23.7 Å². The summed E-state index contributed by atoms with van der Waals surface area (Å²) in [5, 5.41) is 54.9. The van der Waals surface area contributed by atoms with Gasteiger partial charge in [-0.15, -0.1) is 0 Å². The van der Waals surface area contributed by atoms with Crippen molar-refractivity contribution in [3.63, 3.8) is 0 Å². The molecule has 0 saturated carbocycles. The third-order valence-electron chi connectivity index (χ3n) is 8.27. The van der Waals surface area contributed by atoms with Crippen molar-refractivity contribution in [3.8, 4) is 17.2 Å². The third-order valence-corrected chi connectivity index (χ3v) is 8.27. The van der Waals surface area contributed by atoms with Gasteiger partial charge in [0.1, 0.15) is 11.4 Å². The van der Waals surface area contributed by atoms with Gasteiger partial charge in [0.15, 0.2) is 11.5 Å². The maximum Gasteiger partial charge on any atom is 0.352 e. The molecule has 2 aromatic rings. The SMILES string of the molecule is Cc1ccc(C(=O)NCCCN(CCNC(=O)c2ccc(O)c(O)c2)CC2=C(C(=O)O)N3C(=O)[C@H]([C@@H](C)O)[C@H]3[C@H]2C)cc1O. The Morgan fingerprint density at radius 1 is 0.932 bits per heavy atom. The molecule has 0 aliphatic carbocycles. The number of hydrogen-bond acceptors (Lipinski definition) is 9. The van der Waals surface area contributed by atoms with E-state index in [-0.39, 0.29) is 60.8 Å². The van der Waals surface area contributed by atoms with E-state index in [0.717, 1.165) is 6.07 Å². The van der Waals surface area contributed by atoms with E-state index in [0.29, 0.717) is 29.7 Å². The van der Waals surface area contributed by atoms with Crippen LogP contribution in [0.5, 0.6) is 17.2 Å². The first kappa shape index (κ1) is 32.3. The van der Waals surface area contributed by atoms with Gasteiger partial charge >= 0.3 is 5.97 Å². The Hall–Kier alpha value is -4.62. The number of fused-ring (bicyclic) bond motifs is 1. The monoisotopic (exact) mass is 610 g/mol. The van der Waals surface area contributed by atoms with E-state index in [9.17, 15) is 44.7 Å². The smallest absolute Gasteiger partial charge is 0.352 e. The number of nitrogens with zero attached hydrogens (tertiary/aromatic N) is 2. The molecule has 0 spiro atoms. The highest BCUT2D eigenvalue weighted by Crippen LogP contribution is 2.47. The maximum atomic E-state index is 12.8. The summed E-state index contributed by atoms with van der Waals surface area (Å²) in [5.74, 6) is -4.29. The first-order chi connectivity index (χ1) is 20.8. The molecular weight excluding hydrogens is 572 g/mol. The van der Waals surface area contributed by atoms with Gasteiger partial charge in [0, 0.05) is 49.8 Å². The van der Waals surface area contributed by atoms with Crippen LogP contribution in [0.15, 0.2) is 47.7 Å². The Morgan fingerprint density at radius 2 is 1.55 bits per heavy atom. The van der Waals surface area contributed by atoms with Crippen molar-refractivity contribution in [3.05, 3.63) is 64.4 Å². The molecule has 2 aliphatic heterocycles. The number of aryl methyl sites for hydroxylation is 1. The average molecular weight is 611 g/mol. The fourth-order valence-corrected chi connectivity index (χ4v) is 5.82. The lowest BCUT2D eigenvalue weighted by Gasteiger charge is -2.46. The zero-order valence-corrected chi connectivity index (χ0v) is 24.8. The molecule has 236 valence electrons. The summed E-state index contributed by atoms with van der Waals surface area (Å²) in [6, 6.07) is 7.89. The van der Waals surface area contributed by atoms with Crippen LogP contribution in [0.25, 0.3) is 0 Å². The van der Waals surface area contributed by atoms with Crippen molar-refractivity contribution in [1.29, 1.82) is 0 Å². The molecule has 2 heterocycles. The number of hydrogen-bond donors (Lipinski definition) is 7. The molecule has 13 nitrogen and oxygen atoms in total. The van der Waals surface area contributed by atoms with Crippen LogP contribution in [0, 0.1) is 18.8 Å². The fourth-order valence-electron chi connectivity index (χ4n) is 5.82. The molecular formula is C31H38N4O9. The summed E-state index contributed by atoms with van der Waals surface area (Å²) in [5.41, 5.74) is 1.54. The number of carboxylic acid groups (broad SMARTS) is 1. The van der Waals surface area contributed by atoms with Gasteiger partial charge in [-0.1, -0.05) is 13.0 Å². The Kier molecular flexibility index (Phi) is 9.80. The summed E-state index contributed by atoms with van der Waals surface area (Å²) in [6.07, 6.45) is -0.458. The number of aromatic hydroxyl groups is 3. The van der Waals surface area contributed by atoms with Gasteiger partial charge in [0.05, 0.1) is 18.1 Å². The number of aliphatic hydroxyl groups is 1. The van der Waals surface area contributed by atoms with Crippen LogP contribution in [-0.2, 0) is 9.59 Å². The summed E-state index contributed by atoms with van der Waals surface area (Å²) >= 11 is 0. The largest absolute Gasteiger partial charge is 0.508 e. The van der Waals surface area contributed by atoms with E-state index in [1.165, 1.54) is 30.0 Å². The number of phenolic OH excluding ortho intramolecular Hbond substituents is 3. The Balaban J connectivity index is 1.44. The lowest BCUT2D eigenvalue weighted by molar-refractivity contribution is -0.163. The van der Waals surface area contributed by atoms with Gasteiger partial charge in [-0.05, 0) is 61.7 Å². The first-order valence-corrected chi connectivity index (χ1v) is 14.4. The number of benzene rings is 2. The van der Waals surface area contributed by atoms with Crippen molar-refractivity contribution in [2.75, 3.05) is 32.7 Å². The second-order valence-corrected chi connectivity index (χ2v) is 11.3.